The fraction of sp³-hybridized carbons (Fsp3) is 0.833. The van der Waals surface area contributed by atoms with Gasteiger partial charge in [0.05, 0.1) is 6.61 Å². The topological polar surface area (TPSA) is 208 Å². The molecule has 2 saturated heterocycles. The lowest BCUT2D eigenvalue weighted by Crippen LogP contribution is -2.63. The number of carbonyl (C=O) groups is 3. The van der Waals surface area contributed by atoms with Crippen LogP contribution in [0.3, 0.4) is 0 Å². The van der Waals surface area contributed by atoms with Crippen molar-refractivity contribution in [2.75, 3.05) is 19.8 Å². The van der Waals surface area contributed by atoms with E-state index >= 15 is 0 Å². The van der Waals surface area contributed by atoms with Crippen molar-refractivity contribution in [3.05, 3.63) is 0 Å². The van der Waals surface area contributed by atoms with Gasteiger partial charge in [0.1, 0.15) is 49.8 Å². The first-order valence-electron chi connectivity index (χ1n) is 9.70. The van der Waals surface area contributed by atoms with Crippen LogP contribution < -0.4 is 0 Å². The molecule has 0 aliphatic carbocycles. The molecule has 0 amide bonds. The Morgan fingerprint density at radius 2 is 1.50 bits per heavy atom. The zero-order chi connectivity index (χ0) is 24.2. The molecule has 2 rings (SSSR count). The van der Waals surface area contributed by atoms with Gasteiger partial charge < -0.3 is 54.0 Å². The van der Waals surface area contributed by atoms with E-state index < -0.39 is 92.5 Å². The van der Waals surface area contributed by atoms with Crippen molar-refractivity contribution in [3.8, 4) is 0 Å². The molecule has 2 aliphatic heterocycles. The van der Waals surface area contributed by atoms with Crippen molar-refractivity contribution in [3.63, 3.8) is 0 Å². The third-order valence-electron chi connectivity index (χ3n) is 4.87. The molecule has 14 nitrogen and oxygen atoms in total. The lowest BCUT2D eigenvalue weighted by atomic mass is 9.98. The summed E-state index contributed by atoms with van der Waals surface area (Å²) in [5, 5.41) is 51.1. The number of aliphatic hydroxyl groups is 5. The molecule has 2 heterocycles. The summed E-state index contributed by atoms with van der Waals surface area (Å²) in [5.41, 5.74) is 0. The van der Waals surface area contributed by atoms with E-state index in [0.717, 1.165) is 20.8 Å². The summed E-state index contributed by atoms with van der Waals surface area (Å²) in [5.74, 6) is -4.67. The Morgan fingerprint density at radius 1 is 0.875 bits per heavy atom. The first kappa shape index (κ1) is 26.3. The zero-order valence-electron chi connectivity index (χ0n) is 17.7. The van der Waals surface area contributed by atoms with Crippen molar-refractivity contribution in [2.24, 2.45) is 0 Å². The molecule has 0 saturated carbocycles. The second-order valence-corrected chi connectivity index (χ2v) is 7.38. The smallest absolute Gasteiger partial charge is 0.303 e. The first-order chi connectivity index (χ1) is 14.9. The molecule has 5 N–H and O–H groups in total. The highest BCUT2D eigenvalue weighted by Crippen LogP contribution is 2.37. The Kier molecular flexibility index (Phi) is 8.90. The van der Waals surface area contributed by atoms with Crippen LogP contribution in [0.25, 0.3) is 0 Å². The van der Waals surface area contributed by atoms with Gasteiger partial charge in [-0.2, -0.15) is 0 Å². The van der Waals surface area contributed by atoms with E-state index in [1.54, 1.807) is 0 Å². The molecule has 14 heteroatoms. The molecule has 0 aromatic rings. The summed E-state index contributed by atoms with van der Waals surface area (Å²) < 4.78 is 31.1. The minimum Gasteiger partial charge on any atom is -0.463 e. The van der Waals surface area contributed by atoms with E-state index in [1.807, 2.05) is 0 Å². The fourth-order valence-corrected chi connectivity index (χ4v) is 3.32. The molecule has 32 heavy (non-hydrogen) atoms. The Bertz CT molecular complexity index is 685. The van der Waals surface area contributed by atoms with Crippen molar-refractivity contribution >= 4 is 17.9 Å². The van der Waals surface area contributed by atoms with Crippen molar-refractivity contribution in [1.82, 2.24) is 0 Å². The minimum absolute atomic E-state index is 0.511. The fourth-order valence-electron chi connectivity index (χ4n) is 3.32. The van der Waals surface area contributed by atoms with Crippen LogP contribution in [0.2, 0.25) is 0 Å². The van der Waals surface area contributed by atoms with Crippen LogP contribution in [0.15, 0.2) is 0 Å². The van der Waals surface area contributed by atoms with Gasteiger partial charge in [0, 0.05) is 20.8 Å². The average molecular weight is 468 g/mol. The molecule has 0 bridgehead atoms. The van der Waals surface area contributed by atoms with Crippen molar-refractivity contribution in [2.45, 2.75) is 75.6 Å². The molecule has 0 aromatic carbocycles. The number of esters is 3. The van der Waals surface area contributed by atoms with Crippen LogP contribution in [0, 0.1) is 0 Å². The third-order valence-corrected chi connectivity index (χ3v) is 4.87. The maximum absolute atomic E-state index is 11.4. The average Bonchev–Trinajstić information content (AvgIpc) is 2.95. The molecule has 9 atom stereocenters. The van der Waals surface area contributed by atoms with E-state index in [0.29, 0.717) is 0 Å². The van der Waals surface area contributed by atoms with Gasteiger partial charge in [-0.05, 0) is 0 Å². The molecule has 0 aromatic heterocycles. The van der Waals surface area contributed by atoms with Crippen LogP contribution >= 0.6 is 0 Å². The van der Waals surface area contributed by atoms with E-state index in [1.165, 1.54) is 0 Å². The minimum atomic E-state index is -2.31. The maximum atomic E-state index is 11.4. The molecule has 0 unspecified atom stereocenters. The summed E-state index contributed by atoms with van der Waals surface area (Å²) in [4.78, 5) is 33.9. The van der Waals surface area contributed by atoms with E-state index in [4.69, 9.17) is 28.4 Å². The van der Waals surface area contributed by atoms with Crippen LogP contribution in [-0.2, 0) is 42.8 Å². The first-order valence-corrected chi connectivity index (χ1v) is 9.70. The Labute approximate surface area is 182 Å². The van der Waals surface area contributed by atoms with Crippen LogP contribution in [0.4, 0.5) is 0 Å². The molecule has 2 aliphatic rings. The highest BCUT2D eigenvalue weighted by atomic mass is 16.8. The highest BCUT2D eigenvalue weighted by molar-refractivity contribution is 5.66. The van der Waals surface area contributed by atoms with Crippen LogP contribution in [0.5, 0.6) is 0 Å². The second kappa shape index (κ2) is 10.8. The number of hydrogen-bond donors (Lipinski definition) is 5. The van der Waals surface area contributed by atoms with Gasteiger partial charge in [-0.25, -0.2) is 0 Å². The molecule has 0 spiro atoms. The molecular weight excluding hydrogens is 440 g/mol. The Balaban J connectivity index is 2.33. The van der Waals surface area contributed by atoms with Crippen molar-refractivity contribution < 1.29 is 68.3 Å². The zero-order valence-corrected chi connectivity index (χ0v) is 17.7. The van der Waals surface area contributed by atoms with Gasteiger partial charge in [0.2, 0.25) is 5.79 Å². The maximum Gasteiger partial charge on any atom is 0.303 e. The van der Waals surface area contributed by atoms with Gasteiger partial charge in [-0.15, -0.1) is 0 Å². The summed E-state index contributed by atoms with van der Waals surface area (Å²) in [6.45, 7) is 1.17. The van der Waals surface area contributed by atoms with Gasteiger partial charge in [0.25, 0.3) is 0 Å². The van der Waals surface area contributed by atoms with E-state index in [2.05, 4.69) is 0 Å². The molecule has 2 fully saturated rings. The SMILES string of the molecule is CC(=O)OC[C@H]1O[C@H](O[C@]2(COC(C)=O)O[C@H](CO)[C@@H](O)[C@@H]2O)[C@H](O)[C@@H](OC(C)=O)[C@@H]1O. The van der Waals surface area contributed by atoms with E-state index in [9.17, 15) is 39.9 Å². The summed E-state index contributed by atoms with van der Waals surface area (Å²) in [6.07, 6.45) is -13.1. The molecule has 184 valence electrons. The highest BCUT2D eigenvalue weighted by Gasteiger charge is 2.59. The van der Waals surface area contributed by atoms with E-state index in [-0.39, 0.29) is 0 Å². The Morgan fingerprint density at radius 3 is 2.00 bits per heavy atom. The lowest BCUT2D eigenvalue weighted by Gasteiger charge is -2.44. The van der Waals surface area contributed by atoms with Crippen molar-refractivity contribution in [1.29, 1.82) is 0 Å². The number of ether oxygens (including phenoxy) is 6. The second-order valence-electron chi connectivity index (χ2n) is 7.38. The molecule has 0 radical (unpaired) electrons. The van der Waals surface area contributed by atoms with Crippen LogP contribution in [-0.4, -0.2) is 118 Å². The number of rotatable bonds is 8. The largest absolute Gasteiger partial charge is 0.463 e. The summed E-state index contributed by atoms with van der Waals surface area (Å²) in [6, 6.07) is 0. The van der Waals surface area contributed by atoms with Gasteiger partial charge in [-0.1, -0.05) is 0 Å². The standard InChI is InChI=1S/C18H28O14/c1-7(20)27-5-11-12(23)15(29-9(3)22)14(25)17(30-11)32-18(6-28-8(2)21)16(26)13(24)10(4-19)31-18/h10-17,19,23-26H,4-6H2,1-3H3/t10-,11-,12-,13-,14-,15+,16+,17-,18+/m1/s1. The predicted molar refractivity (Wildman–Crippen MR) is 97.3 cm³/mol. The number of hydrogen-bond acceptors (Lipinski definition) is 14. The monoisotopic (exact) mass is 468 g/mol. The van der Waals surface area contributed by atoms with Gasteiger partial charge >= 0.3 is 17.9 Å². The van der Waals surface area contributed by atoms with Gasteiger partial charge in [0.15, 0.2) is 12.4 Å². The lowest BCUT2D eigenvalue weighted by molar-refractivity contribution is -0.383. The normalized spacial score (nSPS) is 39.4. The Hall–Kier alpha value is -1.91. The van der Waals surface area contributed by atoms with Crippen LogP contribution in [0.1, 0.15) is 20.8 Å². The molecular formula is C18H28O14. The quantitative estimate of drug-likeness (QED) is 0.172. The summed E-state index contributed by atoms with van der Waals surface area (Å²) >= 11 is 0. The number of carbonyl (C=O) groups excluding carboxylic acids is 3. The van der Waals surface area contributed by atoms with Gasteiger partial charge in [-0.3, -0.25) is 14.4 Å². The third kappa shape index (κ3) is 5.90. The summed E-state index contributed by atoms with van der Waals surface area (Å²) in [7, 11) is 0. The number of aliphatic hydroxyl groups excluding tert-OH is 5. The predicted octanol–water partition coefficient (Wildman–Crippen LogP) is -3.68.